The molecule has 2 aromatic heterocycles. The van der Waals surface area contributed by atoms with E-state index in [2.05, 4.69) is 193 Å². The predicted octanol–water partition coefficient (Wildman–Crippen LogP) is 16.1. The Balaban J connectivity index is 1.04. The van der Waals surface area contributed by atoms with Gasteiger partial charge in [0.25, 0.3) is 0 Å². The minimum absolute atomic E-state index is 1.12. The average molecular weight is 734 g/mol. The van der Waals surface area contributed by atoms with E-state index in [0.717, 1.165) is 11.4 Å². The van der Waals surface area contributed by atoms with Gasteiger partial charge in [0.2, 0.25) is 0 Å². The Labute approximate surface area is 325 Å². The third kappa shape index (κ3) is 4.70. The van der Waals surface area contributed by atoms with Crippen molar-refractivity contribution in [3.8, 4) is 22.3 Å². The van der Waals surface area contributed by atoms with Crippen molar-refractivity contribution in [2.45, 2.75) is 0 Å². The van der Waals surface area contributed by atoms with Crippen LogP contribution in [0, 0.1) is 0 Å². The summed E-state index contributed by atoms with van der Waals surface area (Å²) >= 11 is 3.74. The molecule has 12 aromatic rings. The fraction of sp³-hybridized carbons (Fsp3) is 0. The Bertz CT molecular complexity index is 3250. The zero-order valence-corrected chi connectivity index (χ0v) is 31.3. The summed E-state index contributed by atoms with van der Waals surface area (Å²) in [5.41, 5.74) is 8.41. The van der Waals surface area contributed by atoms with Crippen molar-refractivity contribution in [3.63, 3.8) is 0 Å². The molecule has 55 heavy (non-hydrogen) atoms. The molecule has 256 valence electrons. The number of hydrogen-bond donors (Lipinski definition) is 0. The number of anilines is 3. The lowest BCUT2D eigenvalue weighted by atomic mass is 9.93. The van der Waals surface area contributed by atoms with Gasteiger partial charge in [0.1, 0.15) is 0 Å². The Morgan fingerprint density at radius 2 is 0.745 bits per heavy atom. The second-order valence-corrected chi connectivity index (χ2v) is 16.6. The predicted molar refractivity (Wildman–Crippen MR) is 241 cm³/mol. The van der Waals surface area contributed by atoms with E-state index >= 15 is 0 Å². The minimum Gasteiger partial charge on any atom is -0.310 e. The molecule has 0 N–H and O–H groups in total. The van der Waals surface area contributed by atoms with Gasteiger partial charge in [-0.2, -0.15) is 0 Å². The average Bonchev–Trinajstić information content (AvgIpc) is 3.83. The number of nitrogens with zero attached hydrogens (tertiary/aromatic N) is 1. The summed E-state index contributed by atoms with van der Waals surface area (Å²) in [6.07, 6.45) is 0. The van der Waals surface area contributed by atoms with Crippen LogP contribution in [0.1, 0.15) is 0 Å². The van der Waals surface area contributed by atoms with Crippen LogP contribution in [-0.4, -0.2) is 0 Å². The third-order valence-electron chi connectivity index (χ3n) is 11.4. The maximum atomic E-state index is 2.45. The Hall–Kier alpha value is -6.52. The molecule has 3 heteroatoms. The molecule has 0 fully saturated rings. The zero-order chi connectivity index (χ0) is 36.0. The topological polar surface area (TPSA) is 3.24 Å². The third-order valence-corrected chi connectivity index (χ3v) is 13.7. The van der Waals surface area contributed by atoms with Gasteiger partial charge >= 0.3 is 0 Å². The summed E-state index contributed by atoms with van der Waals surface area (Å²) in [7, 11) is 0. The van der Waals surface area contributed by atoms with E-state index in [1.165, 1.54) is 101 Å². The highest BCUT2D eigenvalue weighted by Gasteiger charge is 2.20. The number of hydrogen-bond acceptors (Lipinski definition) is 3. The highest BCUT2D eigenvalue weighted by atomic mass is 32.1. The number of fused-ring (bicyclic) bond motifs is 6. The van der Waals surface area contributed by atoms with Gasteiger partial charge in [0.05, 0.1) is 5.69 Å². The highest BCUT2D eigenvalue weighted by Crippen LogP contribution is 2.46. The van der Waals surface area contributed by atoms with Crippen molar-refractivity contribution >= 4 is 112 Å². The second kappa shape index (κ2) is 12.0. The van der Waals surface area contributed by atoms with E-state index in [-0.39, 0.29) is 0 Å². The van der Waals surface area contributed by atoms with Crippen LogP contribution in [0.25, 0.3) is 94.9 Å². The molecule has 0 aliphatic carbocycles. The fourth-order valence-corrected chi connectivity index (χ4v) is 11.2. The summed E-state index contributed by atoms with van der Waals surface area (Å²) in [6, 6.07) is 69.7. The molecule has 0 saturated carbocycles. The van der Waals surface area contributed by atoms with Crippen molar-refractivity contribution < 1.29 is 0 Å². The van der Waals surface area contributed by atoms with Gasteiger partial charge in [-0.1, -0.05) is 133 Å². The van der Waals surface area contributed by atoms with Gasteiger partial charge in [-0.15, -0.1) is 22.7 Å². The lowest BCUT2D eigenvalue weighted by Gasteiger charge is -2.28. The van der Waals surface area contributed by atoms with Crippen LogP contribution in [0.2, 0.25) is 0 Å². The van der Waals surface area contributed by atoms with Crippen molar-refractivity contribution in [3.05, 3.63) is 188 Å². The molecule has 0 aliphatic heterocycles. The monoisotopic (exact) mass is 733 g/mol. The van der Waals surface area contributed by atoms with E-state index < -0.39 is 0 Å². The van der Waals surface area contributed by atoms with E-state index in [4.69, 9.17) is 0 Å². The van der Waals surface area contributed by atoms with Gasteiger partial charge in [-0.25, -0.2) is 0 Å². The van der Waals surface area contributed by atoms with Crippen LogP contribution in [0.15, 0.2) is 188 Å². The molecule has 0 unspecified atom stereocenters. The largest absolute Gasteiger partial charge is 0.310 e. The van der Waals surface area contributed by atoms with Crippen LogP contribution in [0.5, 0.6) is 0 Å². The molecule has 0 amide bonds. The van der Waals surface area contributed by atoms with Crippen LogP contribution in [0.3, 0.4) is 0 Å². The molecular weight excluding hydrogens is 703 g/mol. The molecule has 0 saturated heterocycles. The van der Waals surface area contributed by atoms with Gasteiger partial charge in [-0.05, 0) is 104 Å². The molecular formula is C52H31NS2. The maximum absolute atomic E-state index is 2.45. The first-order chi connectivity index (χ1) is 27.3. The van der Waals surface area contributed by atoms with Crippen LogP contribution in [-0.2, 0) is 0 Å². The van der Waals surface area contributed by atoms with Gasteiger partial charge in [0.15, 0.2) is 0 Å². The van der Waals surface area contributed by atoms with E-state index in [9.17, 15) is 0 Å². The fourth-order valence-electron chi connectivity index (χ4n) is 8.95. The first-order valence-electron chi connectivity index (χ1n) is 18.7. The molecule has 12 rings (SSSR count). The van der Waals surface area contributed by atoms with E-state index in [1.54, 1.807) is 0 Å². The van der Waals surface area contributed by atoms with Crippen molar-refractivity contribution in [1.82, 2.24) is 0 Å². The first-order valence-corrected chi connectivity index (χ1v) is 20.4. The Kier molecular flexibility index (Phi) is 6.74. The minimum atomic E-state index is 1.12. The van der Waals surface area contributed by atoms with Crippen LogP contribution < -0.4 is 4.90 Å². The van der Waals surface area contributed by atoms with E-state index in [0.29, 0.717) is 0 Å². The molecule has 0 atom stereocenters. The van der Waals surface area contributed by atoms with Crippen molar-refractivity contribution in [2.24, 2.45) is 0 Å². The van der Waals surface area contributed by atoms with Gasteiger partial charge < -0.3 is 4.90 Å². The SMILES string of the molecule is c1cc2ccc3ccc(N(c4ccc(-c5cccc6sc7ccccc7c56)cc4)c4ccc(-c5cccc6sc7ccccc7c56)cc4)c4ccc(c1)c2c34. The molecule has 1 nitrogen and oxygen atoms in total. The van der Waals surface area contributed by atoms with E-state index in [1.807, 2.05) is 22.7 Å². The van der Waals surface area contributed by atoms with Crippen molar-refractivity contribution in [2.75, 3.05) is 4.90 Å². The summed E-state index contributed by atoms with van der Waals surface area (Å²) < 4.78 is 5.30. The molecule has 0 radical (unpaired) electrons. The van der Waals surface area contributed by atoms with Crippen LogP contribution in [0.4, 0.5) is 17.1 Å². The maximum Gasteiger partial charge on any atom is 0.0540 e. The molecule has 0 bridgehead atoms. The molecule has 2 heterocycles. The first kappa shape index (κ1) is 30.9. The lowest BCUT2D eigenvalue weighted by Crippen LogP contribution is -2.10. The molecule has 0 spiro atoms. The Morgan fingerprint density at radius 1 is 0.291 bits per heavy atom. The summed E-state index contributed by atoms with van der Waals surface area (Å²) in [5.74, 6) is 0. The number of rotatable bonds is 5. The lowest BCUT2D eigenvalue weighted by molar-refractivity contribution is 1.30. The highest BCUT2D eigenvalue weighted by molar-refractivity contribution is 7.26. The summed E-state index contributed by atoms with van der Waals surface area (Å²) in [4.78, 5) is 2.45. The standard InChI is InChI=1S/C52H31NS2/c1-3-14-45-42(10-1)51-39(12-6-16-47(51)54-45)32-20-26-37(27-21-32)53(44-31-25-36-19-18-34-8-5-9-35-24-30-41(44)50(36)49(34)35)38-28-22-33(23-29-38)40-13-7-17-48-52(40)43-11-2-4-15-46(43)55-48/h1-31H. The zero-order valence-electron chi connectivity index (χ0n) is 29.7. The number of benzene rings is 10. The smallest absolute Gasteiger partial charge is 0.0540 e. The molecule has 10 aromatic carbocycles. The second-order valence-electron chi connectivity index (χ2n) is 14.4. The van der Waals surface area contributed by atoms with Crippen molar-refractivity contribution in [1.29, 1.82) is 0 Å². The van der Waals surface area contributed by atoms with Crippen LogP contribution >= 0.6 is 22.7 Å². The summed E-state index contributed by atoms with van der Waals surface area (Å²) in [5, 5.41) is 13.0. The van der Waals surface area contributed by atoms with Gasteiger partial charge in [-0.3, -0.25) is 0 Å². The summed E-state index contributed by atoms with van der Waals surface area (Å²) in [6.45, 7) is 0. The quantitative estimate of drug-likeness (QED) is 0.159. The normalized spacial score (nSPS) is 12.0. The Morgan fingerprint density at radius 3 is 1.31 bits per heavy atom. The van der Waals surface area contributed by atoms with Gasteiger partial charge in [0, 0.05) is 57.1 Å². The molecule has 0 aliphatic rings. The number of thiophene rings is 2.